The molecule has 2 unspecified atom stereocenters. The average Bonchev–Trinajstić information content (AvgIpc) is 2.81. The molecular weight excluding hydrogens is 208 g/mol. The third-order valence-corrected chi connectivity index (χ3v) is 3.36. The highest BCUT2D eigenvalue weighted by Gasteiger charge is 2.28. The molecule has 5 heteroatoms. The second-order valence-corrected chi connectivity index (χ2v) is 4.54. The smallest absolute Gasteiger partial charge is 0.318 e. The Morgan fingerprint density at radius 2 is 2.31 bits per heavy atom. The van der Waals surface area contributed by atoms with Crippen molar-refractivity contribution in [1.82, 2.24) is 10.2 Å². The fraction of sp³-hybridized carbons (Fsp3) is 0.909. The Bertz CT molecular complexity index is 241. The number of rotatable bonds is 2. The fourth-order valence-corrected chi connectivity index (χ4v) is 2.36. The van der Waals surface area contributed by atoms with Gasteiger partial charge in [0, 0.05) is 13.2 Å². The lowest BCUT2D eigenvalue weighted by molar-refractivity contribution is 0.105. The molecule has 2 amide bonds. The van der Waals surface area contributed by atoms with Crippen molar-refractivity contribution in [3.05, 3.63) is 0 Å². The number of amides is 2. The monoisotopic (exact) mass is 228 g/mol. The number of hydrogen-bond donors (Lipinski definition) is 2. The summed E-state index contributed by atoms with van der Waals surface area (Å²) in [6.45, 7) is 2.16. The Morgan fingerprint density at radius 1 is 1.44 bits per heavy atom. The summed E-state index contributed by atoms with van der Waals surface area (Å²) in [4.78, 5) is 13.7. The standard InChI is InChI=1S/C11H20N2O3/c14-7-10-3-1-2-5-13(10)11(15)12-9-4-6-16-8-9/h9-10,14H,1-8H2,(H,12,15). The summed E-state index contributed by atoms with van der Waals surface area (Å²) in [7, 11) is 0. The van der Waals surface area contributed by atoms with Crippen LogP contribution in [0.2, 0.25) is 0 Å². The van der Waals surface area contributed by atoms with Crippen molar-refractivity contribution in [2.45, 2.75) is 37.8 Å². The lowest BCUT2D eigenvalue weighted by Crippen LogP contribution is -2.52. The summed E-state index contributed by atoms with van der Waals surface area (Å²) in [5.74, 6) is 0. The SMILES string of the molecule is O=C(NC1CCOC1)N1CCCCC1CO. The molecule has 2 N–H and O–H groups in total. The molecule has 0 radical (unpaired) electrons. The highest BCUT2D eigenvalue weighted by atomic mass is 16.5. The van der Waals surface area contributed by atoms with Crippen LogP contribution in [-0.4, -0.2) is 54.5 Å². The van der Waals surface area contributed by atoms with Gasteiger partial charge < -0.3 is 20.1 Å². The molecule has 2 rings (SSSR count). The van der Waals surface area contributed by atoms with Crippen molar-refractivity contribution in [2.75, 3.05) is 26.4 Å². The molecule has 2 heterocycles. The maximum atomic E-state index is 12.0. The topological polar surface area (TPSA) is 61.8 Å². The lowest BCUT2D eigenvalue weighted by atomic mass is 10.0. The predicted molar refractivity (Wildman–Crippen MR) is 59.2 cm³/mol. The Morgan fingerprint density at radius 3 is 3.00 bits per heavy atom. The lowest BCUT2D eigenvalue weighted by Gasteiger charge is -2.35. The van der Waals surface area contributed by atoms with Crippen LogP contribution in [0.1, 0.15) is 25.7 Å². The van der Waals surface area contributed by atoms with Crippen LogP contribution in [-0.2, 0) is 4.74 Å². The molecule has 0 aliphatic carbocycles. The number of ether oxygens (including phenoxy) is 1. The van der Waals surface area contributed by atoms with Gasteiger partial charge in [-0.2, -0.15) is 0 Å². The van der Waals surface area contributed by atoms with Gasteiger partial charge in [0.25, 0.3) is 0 Å². The summed E-state index contributed by atoms with van der Waals surface area (Å²) >= 11 is 0. The van der Waals surface area contributed by atoms with Crippen LogP contribution < -0.4 is 5.32 Å². The zero-order chi connectivity index (χ0) is 11.4. The molecule has 16 heavy (non-hydrogen) atoms. The first kappa shape index (κ1) is 11.7. The summed E-state index contributed by atoms with van der Waals surface area (Å²) in [5, 5.41) is 12.2. The van der Waals surface area contributed by atoms with Gasteiger partial charge in [-0.3, -0.25) is 0 Å². The Hall–Kier alpha value is -0.810. The number of carbonyl (C=O) groups excluding carboxylic acids is 1. The van der Waals surface area contributed by atoms with Crippen molar-refractivity contribution in [2.24, 2.45) is 0 Å². The first-order valence-electron chi connectivity index (χ1n) is 6.07. The molecule has 0 saturated carbocycles. The van der Waals surface area contributed by atoms with E-state index in [4.69, 9.17) is 4.74 Å². The maximum absolute atomic E-state index is 12.0. The van der Waals surface area contributed by atoms with Gasteiger partial charge in [-0.15, -0.1) is 0 Å². The van der Waals surface area contributed by atoms with Crippen molar-refractivity contribution in [1.29, 1.82) is 0 Å². The average molecular weight is 228 g/mol. The summed E-state index contributed by atoms with van der Waals surface area (Å²) < 4.78 is 5.22. The first-order valence-corrected chi connectivity index (χ1v) is 6.07. The van der Waals surface area contributed by atoms with Gasteiger partial charge in [-0.05, 0) is 25.7 Å². The van der Waals surface area contributed by atoms with E-state index in [1.165, 1.54) is 0 Å². The van der Waals surface area contributed by atoms with E-state index in [2.05, 4.69) is 5.32 Å². The van der Waals surface area contributed by atoms with Crippen molar-refractivity contribution >= 4 is 6.03 Å². The second-order valence-electron chi connectivity index (χ2n) is 4.54. The highest BCUT2D eigenvalue weighted by molar-refractivity contribution is 5.75. The van der Waals surface area contributed by atoms with Gasteiger partial charge in [0.1, 0.15) is 0 Å². The number of aliphatic hydroxyl groups is 1. The van der Waals surface area contributed by atoms with E-state index in [0.29, 0.717) is 6.61 Å². The number of aliphatic hydroxyl groups excluding tert-OH is 1. The fourth-order valence-electron chi connectivity index (χ4n) is 2.36. The van der Waals surface area contributed by atoms with E-state index < -0.39 is 0 Å². The van der Waals surface area contributed by atoms with E-state index in [0.717, 1.165) is 38.8 Å². The van der Waals surface area contributed by atoms with Crippen molar-refractivity contribution in [3.63, 3.8) is 0 Å². The third kappa shape index (κ3) is 2.65. The number of likely N-dealkylation sites (tertiary alicyclic amines) is 1. The van der Waals surface area contributed by atoms with Gasteiger partial charge in [0.15, 0.2) is 0 Å². The van der Waals surface area contributed by atoms with E-state index in [9.17, 15) is 9.90 Å². The van der Waals surface area contributed by atoms with Gasteiger partial charge in [0.05, 0.1) is 25.3 Å². The molecule has 0 aromatic heterocycles. The molecule has 2 saturated heterocycles. The minimum Gasteiger partial charge on any atom is -0.394 e. The van der Waals surface area contributed by atoms with E-state index in [1.807, 2.05) is 0 Å². The van der Waals surface area contributed by atoms with E-state index in [1.54, 1.807) is 4.90 Å². The van der Waals surface area contributed by atoms with Crippen molar-refractivity contribution < 1.29 is 14.6 Å². The Labute approximate surface area is 95.8 Å². The van der Waals surface area contributed by atoms with Gasteiger partial charge in [-0.1, -0.05) is 0 Å². The molecule has 2 aliphatic rings. The molecule has 0 spiro atoms. The van der Waals surface area contributed by atoms with Crippen LogP contribution in [0.4, 0.5) is 4.79 Å². The largest absolute Gasteiger partial charge is 0.394 e. The maximum Gasteiger partial charge on any atom is 0.318 e. The van der Waals surface area contributed by atoms with Gasteiger partial charge >= 0.3 is 6.03 Å². The summed E-state index contributed by atoms with van der Waals surface area (Å²) in [5.41, 5.74) is 0. The first-order chi connectivity index (χ1) is 7.81. The molecule has 92 valence electrons. The predicted octanol–water partition coefficient (Wildman–Crippen LogP) is 0.332. The van der Waals surface area contributed by atoms with Crippen LogP contribution in [0.3, 0.4) is 0 Å². The number of nitrogens with zero attached hydrogens (tertiary/aromatic N) is 1. The molecule has 2 fully saturated rings. The number of nitrogens with one attached hydrogen (secondary N) is 1. The zero-order valence-electron chi connectivity index (χ0n) is 9.52. The number of carbonyl (C=O) groups is 1. The molecule has 2 aliphatic heterocycles. The minimum atomic E-state index is -0.0470. The Kier molecular flexibility index (Phi) is 4.01. The Balaban J connectivity index is 1.86. The number of piperidine rings is 1. The summed E-state index contributed by atoms with van der Waals surface area (Å²) in [6, 6.07) is 0.0964. The quantitative estimate of drug-likeness (QED) is 0.716. The molecule has 0 aromatic carbocycles. The minimum absolute atomic E-state index is 0.00364. The van der Waals surface area contributed by atoms with Crippen LogP contribution in [0.25, 0.3) is 0 Å². The van der Waals surface area contributed by atoms with Crippen LogP contribution in [0.5, 0.6) is 0 Å². The normalized spacial score (nSPS) is 30.4. The van der Waals surface area contributed by atoms with Gasteiger partial charge in [-0.25, -0.2) is 4.79 Å². The molecule has 5 nitrogen and oxygen atoms in total. The second kappa shape index (κ2) is 5.50. The van der Waals surface area contributed by atoms with Crippen molar-refractivity contribution in [3.8, 4) is 0 Å². The molecule has 2 atom stereocenters. The van der Waals surface area contributed by atoms with Crippen LogP contribution >= 0.6 is 0 Å². The summed E-state index contributed by atoms with van der Waals surface area (Å²) in [6.07, 6.45) is 3.93. The molecule has 0 bridgehead atoms. The highest BCUT2D eigenvalue weighted by Crippen LogP contribution is 2.17. The molecule has 0 aromatic rings. The van der Waals surface area contributed by atoms with Gasteiger partial charge in [0.2, 0.25) is 0 Å². The van der Waals surface area contributed by atoms with Crippen LogP contribution in [0, 0.1) is 0 Å². The van der Waals surface area contributed by atoms with Crippen LogP contribution in [0.15, 0.2) is 0 Å². The molecular formula is C11H20N2O3. The zero-order valence-corrected chi connectivity index (χ0v) is 9.52. The number of urea groups is 1. The number of hydrogen-bond acceptors (Lipinski definition) is 3. The third-order valence-electron chi connectivity index (χ3n) is 3.36. The van der Waals surface area contributed by atoms with E-state index in [-0.39, 0.29) is 24.7 Å². The van der Waals surface area contributed by atoms with E-state index >= 15 is 0 Å².